The van der Waals surface area contributed by atoms with Crippen molar-refractivity contribution in [3.8, 4) is 11.1 Å². The molecule has 0 spiro atoms. The number of hydrogen-bond acceptors (Lipinski definition) is 3. The smallest absolute Gasteiger partial charge is 0.251 e. The molecule has 6 heteroatoms. The summed E-state index contributed by atoms with van der Waals surface area (Å²) >= 11 is 0. The molecule has 1 aromatic heterocycles. The van der Waals surface area contributed by atoms with E-state index in [-0.39, 0.29) is 17.8 Å². The Morgan fingerprint density at radius 3 is 2.50 bits per heavy atom. The van der Waals surface area contributed by atoms with Crippen molar-refractivity contribution >= 4 is 5.91 Å². The van der Waals surface area contributed by atoms with Gasteiger partial charge in [-0.2, -0.15) is 0 Å². The Hall–Kier alpha value is -3.02. The molecule has 122 valence electrons. The zero-order valence-corrected chi connectivity index (χ0v) is 13.4. The molecule has 2 aromatic carbocycles. The number of benzene rings is 2. The summed E-state index contributed by atoms with van der Waals surface area (Å²) in [6, 6.07) is 13.1. The van der Waals surface area contributed by atoms with E-state index in [0.29, 0.717) is 17.0 Å². The van der Waals surface area contributed by atoms with Crippen molar-refractivity contribution in [2.24, 2.45) is 7.05 Å². The summed E-state index contributed by atoms with van der Waals surface area (Å²) in [6.45, 7) is 1.84. The Bertz CT molecular complexity index is 857. The average molecular weight is 324 g/mol. The molecular weight excluding hydrogens is 307 g/mol. The predicted molar refractivity (Wildman–Crippen MR) is 88.7 cm³/mol. The normalized spacial score (nSPS) is 12.0. The molecule has 0 saturated carbocycles. The zero-order valence-electron chi connectivity index (χ0n) is 13.4. The Labute approximate surface area is 139 Å². The van der Waals surface area contributed by atoms with Crippen LogP contribution in [-0.4, -0.2) is 20.7 Å². The Morgan fingerprint density at radius 2 is 1.88 bits per heavy atom. The number of carbonyl (C=O) groups is 1. The number of halogens is 1. The summed E-state index contributed by atoms with van der Waals surface area (Å²) in [5.41, 5.74) is 1.74. The van der Waals surface area contributed by atoms with Crippen LogP contribution in [0.15, 0.2) is 54.9 Å². The Balaban J connectivity index is 1.75. The molecule has 0 aliphatic heterocycles. The lowest BCUT2D eigenvalue weighted by molar-refractivity contribution is 0.0938. The maximum absolute atomic E-state index is 13.8. The molecule has 0 aliphatic rings. The van der Waals surface area contributed by atoms with Gasteiger partial charge in [-0.1, -0.05) is 30.3 Å². The van der Waals surface area contributed by atoms with Gasteiger partial charge in [0.15, 0.2) is 5.82 Å². The summed E-state index contributed by atoms with van der Waals surface area (Å²) in [5, 5.41) is 10.7. The van der Waals surface area contributed by atoms with Gasteiger partial charge in [-0.25, -0.2) is 4.39 Å². The van der Waals surface area contributed by atoms with Crippen molar-refractivity contribution in [2.45, 2.75) is 13.0 Å². The minimum Gasteiger partial charge on any atom is -0.342 e. The van der Waals surface area contributed by atoms with E-state index in [9.17, 15) is 9.18 Å². The monoisotopic (exact) mass is 324 g/mol. The first-order valence-electron chi connectivity index (χ1n) is 7.56. The largest absolute Gasteiger partial charge is 0.342 e. The van der Waals surface area contributed by atoms with Crippen LogP contribution >= 0.6 is 0 Å². The third kappa shape index (κ3) is 3.17. The number of aromatic nitrogens is 3. The fourth-order valence-corrected chi connectivity index (χ4v) is 2.53. The van der Waals surface area contributed by atoms with Gasteiger partial charge < -0.3 is 9.88 Å². The van der Waals surface area contributed by atoms with Crippen molar-refractivity contribution in [1.82, 2.24) is 20.1 Å². The quantitative estimate of drug-likeness (QED) is 0.802. The molecule has 0 bridgehead atoms. The molecule has 1 amide bonds. The van der Waals surface area contributed by atoms with Gasteiger partial charge in [-0.15, -0.1) is 10.2 Å². The number of nitrogens with one attached hydrogen (secondary N) is 1. The fourth-order valence-electron chi connectivity index (χ4n) is 2.53. The molecule has 1 atom stereocenters. The summed E-state index contributed by atoms with van der Waals surface area (Å²) in [5.74, 6) is 0.169. The number of nitrogens with zero attached hydrogens (tertiary/aromatic N) is 3. The lowest BCUT2D eigenvalue weighted by Crippen LogP contribution is -2.28. The molecule has 1 unspecified atom stereocenters. The molecule has 0 fully saturated rings. The average Bonchev–Trinajstić information content (AvgIpc) is 3.01. The highest BCUT2D eigenvalue weighted by Gasteiger charge is 2.15. The third-order valence-electron chi connectivity index (χ3n) is 3.81. The van der Waals surface area contributed by atoms with E-state index in [2.05, 4.69) is 15.5 Å². The predicted octanol–water partition coefficient (Wildman–Crippen LogP) is 3.11. The molecule has 0 saturated heterocycles. The minimum absolute atomic E-state index is 0.217. The lowest BCUT2D eigenvalue weighted by Gasteiger charge is -2.13. The standard InChI is InChI=1S/C18H17FN4O/c1-12(17-22-20-11-23(17)2)21-18(24)14-9-7-13(8-10-14)15-5-3-4-6-16(15)19/h3-12H,1-2H3,(H,21,24). The first-order valence-corrected chi connectivity index (χ1v) is 7.56. The summed E-state index contributed by atoms with van der Waals surface area (Å²) in [7, 11) is 1.82. The fraction of sp³-hybridized carbons (Fsp3) is 0.167. The highest BCUT2D eigenvalue weighted by Crippen LogP contribution is 2.23. The van der Waals surface area contributed by atoms with Crippen LogP contribution in [0.4, 0.5) is 4.39 Å². The molecule has 5 nitrogen and oxygen atoms in total. The topological polar surface area (TPSA) is 59.8 Å². The molecule has 3 rings (SSSR count). The minimum atomic E-state index is -0.286. The molecule has 0 radical (unpaired) electrons. The molecule has 1 heterocycles. The summed E-state index contributed by atoms with van der Waals surface area (Å²) in [4.78, 5) is 12.3. The van der Waals surface area contributed by atoms with Crippen LogP contribution in [0, 0.1) is 5.82 Å². The van der Waals surface area contributed by atoms with Gasteiger partial charge in [0.1, 0.15) is 12.1 Å². The highest BCUT2D eigenvalue weighted by molar-refractivity contribution is 5.94. The lowest BCUT2D eigenvalue weighted by atomic mass is 10.0. The van der Waals surface area contributed by atoms with Gasteiger partial charge in [-0.05, 0) is 30.7 Å². The van der Waals surface area contributed by atoms with Crippen LogP contribution in [0.25, 0.3) is 11.1 Å². The Kier molecular flexibility index (Phi) is 4.37. The zero-order chi connectivity index (χ0) is 17.1. The van der Waals surface area contributed by atoms with Crippen LogP contribution in [0.5, 0.6) is 0 Å². The van der Waals surface area contributed by atoms with E-state index in [1.807, 2.05) is 14.0 Å². The first kappa shape index (κ1) is 15.9. The molecular formula is C18H17FN4O. The van der Waals surface area contributed by atoms with Crippen LogP contribution in [0.2, 0.25) is 0 Å². The molecule has 0 aliphatic carbocycles. The van der Waals surface area contributed by atoms with Crippen LogP contribution in [0.3, 0.4) is 0 Å². The van der Waals surface area contributed by atoms with Crippen molar-refractivity contribution in [1.29, 1.82) is 0 Å². The van der Waals surface area contributed by atoms with Crippen molar-refractivity contribution < 1.29 is 9.18 Å². The number of rotatable bonds is 4. The van der Waals surface area contributed by atoms with Gasteiger partial charge in [-0.3, -0.25) is 4.79 Å². The molecule has 3 aromatic rings. The molecule has 1 N–H and O–H groups in total. The van der Waals surface area contributed by atoms with Crippen molar-refractivity contribution in [3.05, 3.63) is 72.1 Å². The van der Waals surface area contributed by atoms with Gasteiger partial charge in [0.2, 0.25) is 0 Å². The number of carbonyl (C=O) groups excluding carboxylic acids is 1. The molecule has 24 heavy (non-hydrogen) atoms. The van der Waals surface area contributed by atoms with Crippen molar-refractivity contribution in [3.63, 3.8) is 0 Å². The third-order valence-corrected chi connectivity index (χ3v) is 3.81. The van der Waals surface area contributed by atoms with Crippen molar-refractivity contribution in [2.75, 3.05) is 0 Å². The second-order valence-corrected chi connectivity index (χ2v) is 5.55. The van der Waals surface area contributed by atoms with Crippen LogP contribution in [0.1, 0.15) is 29.1 Å². The van der Waals surface area contributed by atoms with Gasteiger partial charge in [0.05, 0.1) is 6.04 Å². The van der Waals surface area contributed by atoms with E-state index in [1.54, 1.807) is 53.4 Å². The SMILES string of the molecule is CC(NC(=O)c1ccc(-c2ccccc2F)cc1)c1nncn1C. The van der Waals surface area contributed by atoms with E-state index in [1.165, 1.54) is 6.07 Å². The van der Waals surface area contributed by atoms with Gasteiger partial charge >= 0.3 is 0 Å². The first-order chi connectivity index (χ1) is 11.6. The van der Waals surface area contributed by atoms with Gasteiger partial charge in [0.25, 0.3) is 5.91 Å². The number of hydrogen-bond donors (Lipinski definition) is 1. The maximum atomic E-state index is 13.8. The van der Waals surface area contributed by atoms with E-state index in [4.69, 9.17) is 0 Å². The summed E-state index contributed by atoms with van der Waals surface area (Å²) < 4.78 is 15.6. The second-order valence-electron chi connectivity index (χ2n) is 5.55. The maximum Gasteiger partial charge on any atom is 0.251 e. The van der Waals surface area contributed by atoms with Crippen LogP contribution in [-0.2, 0) is 7.05 Å². The highest BCUT2D eigenvalue weighted by atomic mass is 19.1. The number of amides is 1. The van der Waals surface area contributed by atoms with E-state index in [0.717, 1.165) is 5.56 Å². The Morgan fingerprint density at radius 1 is 1.17 bits per heavy atom. The second kappa shape index (κ2) is 6.62. The van der Waals surface area contributed by atoms with E-state index >= 15 is 0 Å². The number of aryl methyl sites for hydroxylation is 1. The van der Waals surface area contributed by atoms with E-state index < -0.39 is 0 Å². The summed E-state index contributed by atoms with van der Waals surface area (Å²) in [6.07, 6.45) is 1.58. The van der Waals surface area contributed by atoms with Crippen LogP contribution < -0.4 is 5.32 Å². The van der Waals surface area contributed by atoms with Gasteiger partial charge in [0, 0.05) is 18.2 Å².